The van der Waals surface area contributed by atoms with Crippen LogP contribution in [0.25, 0.3) is 10.9 Å². The highest BCUT2D eigenvalue weighted by molar-refractivity contribution is 5.97. The van der Waals surface area contributed by atoms with Crippen LogP contribution in [0.1, 0.15) is 73.6 Å². The van der Waals surface area contributed by atoms with Gasteiger partial charge >= 0.3 is 5.97 Å². The Labute approximate surface area is 126 Å². The van der Waals surface area contributed by atoms with Crippen molar-refractivity contribution >= 4 is 16.9 Å². The Morgan fingerprint density at radius 1 is 1.19 bits per heavy atom. The number of aromatic nitrogens is 1. The number of fused-ring (bicyclic) bond motifs is 1. The zero-order valence-corrected chi connectivity index (χ0v) is 13.8. The summed E-state index contributed by atoms with van der Waals surface area (Å²) >= 11 is 0. The lowest BCUT2D eigenvalue weighted by atomic mass is 9.93. The van der Waals surface area contributed by atoms with Crippen LogP contribution in [0.15, 0.2) is 12.1 Å². The molecule has 2 aromatic rings. The zero-order chi connectivity index (χ0) is 15.9. The van der Waals surface area contributed by atoms with E-state index in [9.17, 15) is 9.90 Å². The van der Waals surface area contributed by atoms with E-state index in [1.54, 1.807) is 0 Å². The largest absolute Gasteiger partial charge is 0.478 e. The highest BCUT2D eigenvalue weighted by Gasteiger charge is 2.21. The van der Waals surface area contributed by atoms with Crippen LogP contribution in [0.5, 0.6) is 0 Å². The lowest BCUT2D eigenvalue weighted by molar-refractivity contribution is 0.0697. The van der Waals surface area contributed by atoms with Gasteiger partial charge in [0, 0.05) is 17.6 Å². The minimum absolute atomic E-state index is 0.298. The minimum Gasteiger partial charge on any atom is -0.478 e. The van der Waals surface area contributed by atoms with Crippen LogP contribution in [-0.4, -0.2) is 15.6 Å². The van der Waals surface area contributed by atoms with Gasteiger partial charge in [0.1, 0.15) is 0 Å². The SMILES string of the molecule is CCn1c(C)c(C(C)C)c2cc(C(=O)O)cc(C(C)C)c21. The Hall–Kier alpha value is -1.77. The van der Waals surface area contributed by atoms with Crippen LogP contribution in [0.2, 0.25) is 0 Å². The smallest absolute Gasteiger partial charge is 0.335 e. The normalized spacial score (nSPS) is 11.8. The van der Waals surface area contributed by atoms with Crippen molar-refractivity contribution in [3.63, 3.8) is 0 Å². The van der Waals surface area contributed by atoms with Gasteiger partial charge < -0.3 is 9.67 Å². The van der Waals surface area contributed by atoms with Gasteiger partial charge in [-0.15, -0.1) is 0 Å². The first kappa shape index (κ1) is 15.6. The highest BCUT2D eigenvalue weighted by Crippen LogP contribution is 2.36. The summed E-state index contributed by atoms with van der Waals surface area (Å²) in [5, 5.41) is 10.5. The summed E-state index contributed by atoms with van der Waals surface area (Å²) in [5.74, 6) is -0.175. The predicted octanol–water partition coefficient (Wildman–Crippen LogP) is 4.91. The van der Waals surface area contributed by atoms with Crippen LogP contribution in [0.4, 0.5) is 0 Å². The molecule has 0 aliphatic heterocycles. The number of aromatic carboxylic acids is 1. The van der Waals surface area contributed by atoms with Gasteiger partial charge in [0.15, 0.2) is 0 Å². The van der Waals surface area contributed by atoms with Crippen LogP contribution < -0.4 is 0 Å². The molecule has 0 amide bonds. The maximum atomic E-state index is 11.5. The summed E-state index contributed by atoms with van der Waals surface area (Å²) in [6.45, 7) is 13.8. The van der Waals surface area contributed by atoms with Gasteiger partial charge in [-0.3, -0.25) is 0 Å². The number of rotatable bonds is 4. The number of nitrogens with zero attached hydrogens (tertiary/aromatic N) is 1. The van der Waals surface area contributed by atoms with Gasteiger partial charge in [0.05, 0.1) is 11.1 Å². The number of carboxylic acid groups (broad SMARTS) is 1. The molecule has 0 aliphatic rings. The molecule has 0 radical (unpaired) electrons. The molecule has 0 unspecified atom stereocenters. The molecule has 0 fully saturated rings. The van der Waals surface area contributed by atoms with E-state index in [0.29, 0.717) is 17.4 Å². The molecule has 0 saturated carbocycles. The van der Waals surface area contributed by atoms with Crippen molar-refractivity contribution in [2.75, 3.05) is 0 Å². The second-order valence-electron chi connectivity index (χ2n) is 6.32. The third-order valence-corrected chi connectivity index (χ3v) is 4.26. The molecular weight excluding hydrogens is 262 g/mol. The van der Waals surface area contributed by atoms with Crippen molar-refractivity contribution in [3.05, 3.63) is 34.5 Å². The molecular formula is C18H25NO2. The summed E-state index contributed by atoms with van der Waals surface area (Å²) in [4.78, 5) is 11.5. The lowest BCUT2D eigenvalue weighted by Crippen LogP contribution is -2.03. The van der Waals surface area contributed by atoms with Gasteiger partial charge in [0.2, 0.25) is 0 Å². The Kier molecular flexibility index (Phi) is 4.13. The molecule has 0 atom stereocenters. The van der Waals surface area contributed by atoms with Crippen molar-refractivity contribution in [1.82, 2.24) is 4.57 Å². The number of aryl methyl sites for hydroxylation is 1. The number of carboxylic acids is 1. The fourth-order valence-electron chi connectivity index (χ4n) is 3.36. The van der Waals surface area contributed by atoms with Gasteiger partial charge in [-0.1, -0.05) is 27.7 Å². The second-order valence-corrected chi connectivity index (χ2v) is 6.32. The van der Waals surface area contributed by atoms with Crippen LogP contribution in [0, 0.1) is 6.92 Å². The van der Waals surface area contributed by atoms with Crippen molar-refractivity contribution < 1.29 is 9.90 Å². The van der Waals surface area contributed by atoms with Crippen LogP contribution in [0.3, 0.4) is 0 Å². The third-order valence-electron chi connectivity index (χ3n) is 4.26. The number of benzene rings is 1. The average molecular weight is 287 g/mol. The van der Waals surface area contributed by atoms with Crippen molar-refractivity contribution in [2.24, 2.45) is 0 Å². The van der Waals surface area contributed by atoms with E-state index in [4.69, 9.17) is 0 Å². The molecule has 0 saturated heterocycles. The number of hydrogen-bond donors (Lipinski definition) is 1. The molecule has 3 heteroatoms. The van der Waals surface area contributed by atoms with E-state index < -0.39 is 5.97 Å². The van der Waals surface area contributed by atoms with Crippen molar-refractivity contribution in [1.29, 1.82) is 0 Å². The second kappa shape index (κ2) is 5.55. The summed E-state index contributed by atoms with van der Waals surface area (Å²) in [7, 11) is 0. The Morgan fingerprint density at radius 2 is 1.81 bits per heavy atom. The molecule has 114 valence electrons. The van der Waals surface area contributed by atoms with Crippen LogP contribution >= 0.6 is 0 Å². The van der Waals surface area contributed by atoms with Gasteiger partial charge in [-0.05, 0) is 48.9 Å². The Bertz CT molecular complexity index is 693. The van der Waals surface area contributed by atoms with E-state index in [-0.39, 0.29) is 0 Å². The summed E-state index contributed by atoms with van der Waals surface area (Å²) < 4.78 is 2.33. The monoisotopic (exact) mass is 287 g/mol. The van der Waals surface area contributed by atoms with E-state index in [1.807, 2.05) is 12.1 Å². The first-order chi connectivity index (χ1) is 9.79. The topological polar surface area (TPSA) is 42.2 Å². The molecule has 1 aromatic carbocycles. The Morgan fingerprint density at radius 3 is 2.24 bits per heavy atom. The van der Waals surface area contributed by atoms with Crippen molar-refractivity contribution in [3.8, 4) is 0 Å². The van der Waals surface area contributed by atoms with Crippen LogP contribution in [-0.2, 0) is 6.54 Å². The maximum Gasteiger partial charge on any atom is 0.335 e. The zero-order valence-electron chi connectivity index (χ0n) is 13.8. The van der Waals surface area contributed by atoms with Gasteiger partial charge in [-0.25, -0.2) is 4.79 Å². The van der Waals surface area contributed by atoms with E-state index in [0.717, 1.165) is 17.5 Å². The van der Waals surface area contributed by atoms with Crippen molar-refractivity contribution in [2.45, 2.75) is 59.9 Å². The average Bonchev–Trinajstić information content (AvgIpc) is 2.68. The lowest BCUT2D eigenvalue weighted by Gasteiger charge is -2.13. The molecule has 1 N–H and O–H groups in total. The molecule has 3 nitrogen and oxygen atoms in total. The fraction of sp³-hybridized carbons (Fsp3) is 0.500. The summed E-state index contributed by atoms with van der Waals surface area (Å²) in [5.41, 5.74) is 5.26. The van der Waals surface area contributed by atoms with E-state index in [2.05, 4.69) is 46.1 Å². The minimum atomic E-state index is -0.851. The van der Waals surface area contributed by atoms with E-state index >= 15 is 0 Å². The number of hydrogen-bond acceptors (Lipinski definition) is 1. The molecule has 0 bridgehead atoms. The Balaban J connectivity index is 3.00. The maximum absolute atomic E-state index is 11.5. The third kappa shape index (κ3) is 2.45. The molecule has 21 heavy (non-hydrogen) atoms. The predicted molar refractivity (Wildman–Crippen MR) is 87.5 cm³/mol. The molecule has 1 heterocycles. The summed E-state index contributed by atoms with van der Waals surface area (Å²) in [6.07, 6.45) is 0. The first-order valence-corrected chi connectivity index (χ1v) is 7.69. The number of carbonyl (C=O) groups is 1. The first-order valence-electron chi connectivity index (χ1n) is 7.69. The molecule has 0 spiro atoms. The molecule has 2 rings (SSSR count). The summed E-state index contributed by atoms with van der Waals surface area (Å²) in [6, 6.07) is 3.68. The quantitative estimate of drug-likeness (QED) is 0.867. The molecule has 0 aliphatic carbocycles. The van der Waals surface area contributed by atoms with E-state index in [1.165, 1.54) is 16.8 Å². The molecule has 1 aromatic heterocycles. The van der Waals surface area contributed by atoms with Gasteiger partial charge in [0.25, 0.3) is 0 Å². The highest BCUT2D eigenvalue weighted by atomic mass is 16.4. The standard InChI is InChI=1S/C18H25NO2/c1-7-19-12(6)16(11(4)5)15-9-13(18(20)21)8-14(10(2)3)17(15)19/h8-11H,7H2,1-6H3,(H,20,21). The fourth-order valence-corrected chi connectivity index (χ4v) is 3.36. The van der Waals surface area contributed by atoms with Gasteiger partial charge in [-0.2, -0.15) is 0 Å².